The third kappa shape index (κ3) is 4.62. The summed E-state index contributed by atoms with van der Waals surface area (Å²) in [7, 11) is -1.60. The van der Waals surface area contributed by atoms with E-state index in [1.165, 1.54) is 0 Å². The first-order valence-electron chi connectivity index (χ1n) is 8.61. The zero-order chi connectivity index (χ0) is 17.9. The molecule has 7 nitrogen and oxygen atoms in total. The molecule has 2 heterocycles. The molecule has 1 aliphatic heterocycles. The normalized spacial score (nSPS) is 16.8. The van der Waals surface area contributed by atoms with Gasteiger partial charge in [0.25, 0.3) is 5.89 Å². The summed E-state index contributed by atoms with van der Waals surface area (Å²) >= 11 is 0. The molecule has 0 spiro atoms. The molecule has 1 saturated heterocycles. The van der Waals surface area contributed by atoms with Gasteiger partial charge in [0, 0.05) is 31.1 Å². The van der Waals surface area contributed by atoms with E-state index in [4.69, 9.17) is 4.52 Å². The lowest BCUT2D eigenvalue weighted by molar-refractivity contribution is 0.346. The van der Waals surface area contributed by atoms with E-state index in [9.17, 15) is 8.42 Å². The molecule has 1 aromatic heterocycles. The van der Waals surface area contributed by atoms with Crippen LogP contribution in [-0.2, 0) is 16.4 Å². The zero-order valence-electron chi connectivity index (χ0n) is 15.0. The predicted octanol–water partition coefficient (Wildman–Crippen LogP) is 2.48. The van der Waals surface area contributed by atoms with Crippen LogP contribution < -0.4 is 5.32 Å². The van der Waals surface area contributed by atoms with Gasteiger partial charge in [-0.25, -0.2) is 8.42 Å². The Morgan fingerprint density at radius 2 is 2.00 bits per heavy atom. The predicted molar refractivity (Wildman–Crippen MR) is 102 cm³/mol. The minimum absolute atomic E-state index is 0. The second-order valence-corrected chi connectivity index (χ2v) is 8.34. The van der Waals surface area contributed by atoms with Crippen molar-refractivity contribution in [2.75, 3.05) is 20.1 Å². The highest BCUT2D eigenvalue weighted by Gasteiger charge is 2.26. The first-order valence-corrected chi connectivity index (χ1v) is 10.0. The van der Waals surface area contributed by atoms with Crippen molar-refractivity contribution in [2.24, 2.45) is 0 Å². The highest BCUT2D eigenvalue weighted by atomic mass is 35.5. The van der Waals surface area contributed by atoms with Gasteiger partial charge in [-0.2, -0.15) is 9.29 Å². The van der Waals surface area contributed by atoms with Crippen LogP contribution in [-0.4, -0.2) is 49.0 Å². The van der Waals surface area contributed by atoms with Crippen LogP contribution in [0.4, 0.5) is 0 Å². The molecule has 3 rings (SSSR count). The summed E-state index contributed by atoms with van der Waals surface area (Å²) in [5, 5.41) is 7.10. The fourth-order valence-electron chi connectivity index (χ4n) is 2.87. The minimum atomic E-state index is -3.48. The van der Waals surface area contributed by atoms with E-state index >= 15 is 0 Å². The minimum Gasteiger partial charge on any atom is -0.334 e. The zero-order valence-corrected chi connectivity index (χ0v) is 16.6. The molecule has 1 atom stereocenters. The van der Waals surface area contributed by atoms with Gasteiger partial charge in [-0.1, -0.05) is 17.6 Å². The van der Waals surface area contributed by atoms with E-state index in [-0.39, 0.29) is 23.3 Å². The summed E-state index contributed by atoms with van der Waals surface area (Å²) < 4.78 is 32.5. The van der Waals surface area contributed by atoms with Crippen LogP contribution in [0.2, 0.25) is 0 Å². The molecule has 0 radical (unpaired) electrons. The summed E-state index contributed by atoms with van der Waals surface area (Å²) in [5.74, 6) is 0.940. The van der Waals surface area contributed by atoms with Gasteiger partial charge in [0.05, 0.1) is 4.90 Å². The molecule has 1 unspecified atom stereocenters. The van der Waals surface area contributed by atoms with Gasteiger partial charge in [-0.05, 0) is 45.0 Å². The van der Waals surface area contributed by atoms with E-state index in [2.05, 4.69) is 15.5 Å². The summed E-state index contributed by atoms with van der Waals surface area (Å²) in [4.78, 5) is 4.65. The fourth-order valence-corrected chi connectivity index (χ4v) is 4.44. The molecular weight excluding hydrogens is 376 g/mol. The number of hydrogen-bond acceptors (Lipinski definition) is 6. The maximum atomic E-state index is 12.8. The van der Waals surface area contributed by atoms with E-state index < -0.39 is 10.0 Å². The Labute approximate surface area is 160 Å². The Morgan fingerprint density at radius 1 is 1.27 bits per heavy atom. The summed E-state index contributed by atoms with van der Waals surface area (Å²) in [6.45, 7) is 3.19. The second-order valence-electron chi connectivity index (χ2n) is 6.40. The third-order valence-corrected chi connectivity index (χ3v) is 6.38. The van der Waals surface area contributed by atoms with Gasteiger partial charge in [0.1, 0.15) is 0 Å². The number of nitrogens with zero attached hydrogens (tertiary/aromatic N) is 3. The Morgan fingerprint density at radius 3 is 2.69 bits per heavy atom. The number of benzene rings is 1. The smallest absolute Gasteiger partial charge is 0.257 e. The standard InChI is InChI=1S/C17H24N4O3S.ClH/c1-13(18-2)11-16-19-17(24-20-16)14-7-6-8-15(12-14)25(22,23)21-9-4-3-5-10-21;/h6-8,12-13,18H,3-5,9-11H2,1-2H3;1H. The molecule has 1 aliphatic rings. The molecule has 1 fully saturated rings. The van der Waals surface area contributed by atoms with Crippen molar-refractivity contribution < 1.29 is 12.9 Å². The van der Waals surface area contributed by atoms with Crippen molar-refractivity contribution in [1.29, 1.82) is 0 Å². The lowest BCUT2D eigenvalue weighted by atomic mass is 10.2. The molecular formula is C17H25ClN4O3S. The first-order chi connectivity index (χ1) is 12.0. The van der Waals surface area contributed by atoms with E-state index in [0.717, 1.165) is 19.3 Å². The van der Waals surface area contributed by atoms with Crippen molar-refractivity contribution in [2.45, 2.75) is 43.5 Å². The lowest BCUT2D eigenvalue weighted by Crippen LogP contribution is -2.35. The molecule has 0 saturated carbocycles. The number of nitrogens with one attached hydrogen (secondary N) is 1. The Bertz CT molecular complexity index is 819. The SMILES string of the molecule is CNC(C)Cc1noc(-c2cccc(S(=O)(=O)N3CCCCC3)c2)n1.Cl. The Kier molecular flexibility index (Phi) is 7.16. The van der Waals surface area contributed by atoms with Crippen LogP contribution in [0.25, 0.3) is 11.5 Å². The van der Waals surface area contributed by atoms with Gasteiger partial charge in [0.15, 0.2) is 5.82 Å². The Balaban J connectivity index is 0.00000243. The van der Waals surface area contributed by atoms with Gasteiger partial charge in [-0.15, -0.1) is 12.4 Å². The highest BCUT2D eigenvalue weighted by molar-refractivity contribution is 7.89. The quantitative estimate of drug-likeness (QED) is 0.801. The number of aromatic nitrogens is 2. The second kappa shape index (κ2) is 8.94. The van der Waals surface area contributed by atoms with Gasteiger partial charge in [0.2, 0.25) is 10.0 Å². The molecule has 9 heteroatoms. The molecule has 0 bridgehead atoms. The summed E-state index contributed by atoms with van der Waals surface area (Å²) in [6.07, 6.45) is 3.55. The van der Waals surface area contributed by atoms with Crippen molar-refractivity contribution in [3.8, 4) is 11.5 Å². The monoisotopic (exact) mass is 400 g/mol. The first kappa shape index (κ1) is 20.8. The van der Waals surface area contributed by atoms with Crippen molar-refractivity contribution in [3.63, 3.8) is 0 Å². The average Bonchev–Trinajstić information content (AvgIpc) is 3.11. The summed E-state index contributed by atoms with van der Waals surface area (Å²) in [6, 6.07) is 6.97. The van der Waals surface area contributed by atoms with Gasteiger partial charge < -0.3 is 9.84 Å². The largest absolute Gasteiger partial charge is 0.334 e. The van der Waals surface area contributed by atoms with Gasteiger partial charge in [-0.3, -0.25) is 0 Å². The number of hydrogen-bond donors (Lipinski definition) is 1. The van der Waals surface area contributed by atoms with Crippen molar-refractivity contribution in [3.05, 3.63) is 30.1 Å². The number of rotatable bonds is 6. The van der Waals surface area contributed by atoms with Crippen LogP contribution >= 0.6 is 12.4 Å². The number of piperidine rings is 1. The van der Waals surface area contributed by atoms with E-state index in [1.54, 1.807) is 28.6 Å². The van der Waals surface area contributed by atoms with E-state index in [1.807, 2.05) is 14.0 Å². The van der Waals surface area contributed by atoms with Crippen molar-refractivity contribution >= 4 is 22.4 Å². The number of sulfonamides is 1. The molecule has 2 aromatic rings. The maximum absolute atomic E-state index is 12.8. The molecule has 26 heavy (non-hydrogen) atoms. The molecule has 1 N–H and O–H groups in total. The van der Waals surface area contributed by atoms with E-state index in [0.29, 0.717) is 36.8 Å². The molecule has 144 valence electrons. The topological polar surface area (TPSA) is 88.3 Å². The fraction of sp³-hybridized carbons (Fsp3) is 0.529. The maximum Gasteiger partial charge on any atom is 0.257 e. The number of halogens is 1. The van der Waals surface area contributed by atoms with Crippen LogP contribution in [0.1, 0.15) is 32.0 Å². The molecule has 0 aliphatic carbocycles. The third-order valence-electron chi connectivity index (χ3n) is 4.48. The molecule has 0 amide bonds. The van der Waals surface area contributed by atoms with Crippen LogP contribution in [0.5, 0.6) is 0 Å². The van der Waals surface area contributed by atoms with Crippen LogP contribution in [0.3, 0.4) is 0 Å². The van der Waals surface area contributed by atoms with Crippen LogP contribution in [0, 0.1) is 0 Å². The lowest BCUT2D eigenvalue weighted by Gasteiger charge is -2.25. The summed E-state index contributed by atoms with van der Waals surface area (Å²) in [5.41, 5.74) is 0.619. The average molecular weight is 401 g/mol. The molecule has 1 aromatic carbocycles. The van der Waals surface area contributed by atoms with Crippen LogP contribution in [0.15, 0.2) is 33.7 Å². The van der Waals surface area contributed by atoms with Gasteiger partial charge >= 0.3 is 0 Å². The number of likely N-dealkylation sites (N-methyl/N-ethyl adjacent to an activating group) is 1. The Hall–Kier alpha value is -1.48. The van der Waals surface area contributed by atoms with Crippen molar-refractivity contribution in [1.82, 2.24) is 19.8 Å². The highest BCUT2D eigenvalue weighted by Crippen LogP contribution is 2.25.